The van der Waals surface area contributed by atoms with E-state index >= 15 is 0 Å². The Hall–Kier alpha value is -2.63. The number of aliphatic carboxylic acids is 1. The Morgan fingerprint density at radius 3 is 2.73 bits per heavy atom. The lowest BCUT2D eigenvalue weighted by Gasteiger charge is -1.94. The summed E-state index contributed by atoms with van der Waals surface area (Å²) in [6, 6.07) is 9.30. The molecule has 0 aliphatic rings. The van der Waals surface area contributed by atoms with E-state index in [0.717, 1.165) is 18.4 Å². The number of hydrogen-bond donors (Lipinski definition) is 2. The number of carboxylic acids is 1. The summed E-state index contributed by atoms with van der Waals surface area (Å²) in [4.78, 5) is 18.7. The lowest BCUT2D eigenvalue weighted by molar-refractivity contribution is -0.137. The summed E-state index contributed by atoms with van der Waals surface area (Å²) in [5, 5.41) is 18.2. The molecule has 0 aliphatic heterocycles. The van der Waals surface area contributed by atoms with Crippen molar-refractivity contribution in [3.63, 3.8) is 0 Å². The van der Waals surface area contributed by atoms with Gasteiger partial charge in [0.2, 0.25) is 5.89 Å². The Balaban J connectivity index is 1.84. The molecule has 6 heteroatoms. The van der Waals surface area contributed by atoms with Crippen LogP contribution in [0.15, 0.2) is 39.7 Å². The van der Waals surface area contributed by atoms with Gasteiger partial charge in [-0.25, -0.2) is 4.98 Å². The number of rotatable bonds is 8. The van der Waals surface area contributed by atoms with Crippen molar-refractivity contribution in [3.05, 3.63) is 36.0 Å². The van der Waals surface area contributed by atoms with Crippen LogP contribution < -0.4 is 0 Å². The first-order valence-corrected chi connectivity index (χ1v) is 7.13. The summed E-state index contributed by atoms with van der Waals surface area (Å²) < 4.78 is 5.21. The molecule has 0 spiro atoms. The zero-order chi connectivity index (χ0) is 15.8. The quantitative estimate of drug-likeness (QED) is 0.577. The molecule has 0 unspecified atom stereocenters. The fraction of sp³-hybridized carbons (Fsp3) is 0.312. The average Bonchev–Trinajstić information content (AvgIpc) is 2.88. The highest BCUT2D eigenvalue weighted by Crippen LogP contribution is 2.24. The summed E-state index contributed by atoms with van der Waals surface area (Å²) in [5.41, 5.74) is 1.08. The molecule has 6 nitrogen and oxygen atoms in total. The molecule has 0 bridgehead atoms. The molecule has 0 atom stereocenters. The summed E-state index contributed by atoms with van der Waals surface area (Å²) in [6.45, 7) is 0.562. The number of carboxylic acid groups (broad SMARTS) is 1. The largest absolute Gasteiger partial charge is 0.481 e. The van der Waals surface area contributed by atoms with Crippen LogP contribution in [0.1, 0.15) is 31.4 Å². The minimum atomic E-state index is -0.774. The Bertz CT molecular complexity index is 635. The van der Waals surface area contributed by atoms with Gasteiger partial charge in [-0.15, -0.1) is 0 Å². The highest BCUT2D eigenvalue weighted by Gasteiger charge is 2.11. The highest BCUT2D eigenvalue weighted by molar-refractivity contribution is 5.80. The molecule has 2 aromatic rings. The van der Waals surface area contributed by atoms with Gasteiger partial charge in [-0.3, -0.25) is 9.79 Å². The summed E-state index contributed by atoms with van der Waals surface area (Å²) in [7, 11) is 0. The number of aromatic hydroxyl groups is 1. The standard InChI is InChI=1S/C16H18N2O4/c19-14(20)9-5-2-6-10-17-11-13-16(21)22-15(18-13)12-7-3-1-4-8-12/h1,3-4,7-8,11,21H,2,5-6,9-10H2,(H,19,20). The van der Waals surface area contributed by atoms with Crippen molar-refractivity contribution in [1.82, 2.24) is 4.98 Å². The second kappa shape index (κ2) is 7.97. The lowest BCUT2D eigenvalue weighted by atomic mass is 10.2. The minimum absolute atomic E-state index is 0.189. The van der Waals surface area contributed by atoms with E-state index in [2.05, 4.69) is 9.98 Å². The molecule has 116 valence electrons. The lowest BCUT2D eigenvalue weighted by Crippen LogP contribution is -1.94. The van der Waals surface area contributed by atoms with Crippen LogP contribution in [-0.4, -0.2) is 33.9 Å². The van der Waals surface area contributed by atoms with Crippen molar-refractivity contribution < 1.29 is 19.4 Å². The van der Waals surface area contributed by atoms with Crippen molar-refractivity contribution in [2.45, 2.75) is 25.7 Å². The van der Waals surface area contributed by atoms with Gasteiger partial charge in [-0.05, 0) is 25.0 Å². The first-order valence-electron chi connectivity index (χ1n) is 7.13. The maximum atomic E-state index is 10.4. The van der Waals surface area contributed by atoms with Crippen LogP contribution in [-0.2, 0) is 4.79 Å². The molecule has 0 radical (unpaired) electrons. The average molecular weight is 302 g/mol. The van der Waals surface area contributed by atoms with Crippen LogP contribution in [0.25, 0.3) is 11.5 Å². The Labute approximate surface area is 128 Å². The molecule has 0 saturated heterocycles. The van der Waals surface area contributed by atoms with Gasteiger partial charge in [-0.1, -0.05) is 24.6 Å². The molecular weight excluding hydrogens is 284 g/mol. The molecule has 22 heavy (non-hydrogen) atoms. The maximum absolute atomic E-state index is 10.4. The van der Waals surface area contributed by atoms with Crippen LogP contribution in [0.3, 0.4) is 0 Å². The van der Waals surface area contributed by atoms with E-state index in [1.54, 1.807) is 0 Å². The van der Waals surface area contributed by atoms with Crippen molar-refractivity contribution in [1.29, 1.82) is 0 Å². The van der Waals surface area contributed by atoms with E-state index in [1.165, 1.54) is 6.21 Å². The second-order valence-electron chi connectivity index (χ2n) is 4.82. The van der Waals surface area contributed by atoms with Crippen molar-refractivity contribution >= 4 is 12.2 Å². The van der Waals surface area contributed by atoms with Crippen molar-refractivity contribution in [2.24, 2.45) is 4.99 Å². The third kappa shape index (κ3) is 4.73. The molecule has 0 amide bonds. The maximum Gasteiger partial charge on any atom is 0.312 e. The van der Waals surface area contributed by atoms with Crippen molar-refractivity contribution in [2.75, 3.05) is 6.54 Å². The van der Waals surface area contributed by atoms with E-state index in [0.29, 0.717) is 24.6 Å². The SMILES string of the molecule is O=C(O)CCCCCN=Cc1nc(-c2ccccc2)oc1O. The normalized spacial score (nSPS) is 11.1. The van der Waals surface area contributed by atoms with E-state index < -0.39 is 5.97 Å². The predicted octanol–water partition coefficient (Wildman–Crippen LogP) is 3.11. The van der Waals surface area contributed by atoms with Gasteiger partial charge in [0.15, 0.2) is 5.69 Å². The molecule has 1 aromatic heterocycles. The van der Waals surface area contributed by atoms with Crippen LogP contribution in [0.4, 0.5) is 0 Å². The zero-order valence-electron chi connectivity index (χ0n) is 12.1. The van der Waals surface area contributed by atoms with Gasteiger partial charge < -0.3 is 14.6 Å². The number of aliphatic imine (C=N–C) groups is 1. The number of hydrogen-bond acceptors (Lipinski definition) is 5. The Morgan fingerprint density at radius 1 is 1.23 bits per heavy atom. The van der Waals surface area contributed by atoms with Gasteiger partial charge in [0.05, 0.1) is 6.21 Å². The van der Waals surface area contributed by atoms with E-state index in [9.17, 15) is 9.90 Å². The monoisotopic (exact) mass is 302 g/mol. The smallest absolute Gasteiger partial charge is 0.312 e. The van der Waals surface area contributed by atoms with Crippen LogP contribution in [0, 0.1) is 0 Å². The Kier molecular flexibility index (Phi) is 5.71. The summed E-state index contributed by atoms with van der Waals surface area (Å²) >= 11 is 0. The van der Waals surface area contributed by atoms with Gasteiger partial charge >= 0.3 is 11.9 Å². The van der Waals surface area contributed by atoms with E-state index in [-0.39, 0.29) is 12.4 Å². The topological polar surface area (TPSA) is 95.9 Å². The van der Waals surface area contributed by atoms with Crippen LogP contribution >= 0.6 is 0 Å². The fourth-order valence-corrected chi connectivity index (χ4v) is 1.92. The number of unbranched alkanes of at least 4 members (excludes halogenated alkanes) is 2. The molecule has 0 aliphatic carbocycles. The molecule has 1 heterocycles. The molecule has 0 saturated carbocycles. The van der Waals surface area contributed by atoms with Crippen LogP contribution in [0.2, 0.25) is 0 Å². The van der Waals surface area contributed by atoms with Crippen molar-refractivity contribution in [3.8, 4) is 17.4 Å². The number of benzene rings is 1. The first kappa shape index (κ1) is 15.8. The van der Waals surface area contributed by atoms with Gasteiger partial charge in [-0.2, -0.15) is 0 Å². The minimum Gasteiger partial charge on any atom is -0.481 e. The van der Waals surface area contributed by atoms with Gasteiger partial charge in [0, 0.05) is 18.5 Å². The Morgan fingerprint density at radius 2 is 2.00 bits per heavy atom. The fourth-order valence-electron chi connectivity index (χ4n) is 1.92. The predicted molar refractivity (Wildman–Crippen MR) is 82.2 cm³/mol. The third-order valence-corrected chi connectivity index (χ3v) is 3.05. The third-order valence-electron chi connectivity index (χ3n) is 3.05. The highest BCUT2D eigenvalue weighted by atomic mass is 16.5. The zero-order valence-corrected chi connectivity index (χ0v) is 12.1. The van der Waals surface area contributed by atoms with E-state index in [4.69, 9.17) is 9.52 Å². The second-order valence-corrected chi connectivity index (χ2v) is 4.82. The molecule has 1 aromatic carbocycles. The number of nitrogens with zero attached hydrogens (tertiary/aromatic N) is 2. The van der Waals surface area contributed by atoms with Crippen LogP contribution in [0.5, 0.6) is 5.95 Å². The van der Waals surface area contributed by atoms with Gasteiger partial charge in [0.25, 0.3) is 0 Å². The molecule has 0 fully saturated rings. The van der Waals surface area contributed by atoms with Gasteiger partial charge in [0.1, 0.15) is 0 Å². The summed E-state index contributed by atoms with van der Waals surface area (Å²) in [5.74, 6) is -0.682. The number of carbonyl (C=O) groups is 1. The first-order chi connectivity index (χ1) is 10.7. The number of aromatic nitrogens is 1. The molecule has 2 N–H and O–H groups in total. The summed E-state index contributed by atoms with van der Waals surface area (Å²) in [6.07, 6.45) is 3.92. The van der Waals surface area contributed by atoms with E-state index in [1.807, 2.05) is 30.3 Å². The number of oxazole rings is 1. The molecular formula is C16H18N2O4. The molecule has 2 rings (SSSR count).